The van der Waals surface area contributed by atoms with E-state index in [1.165, 1.54) is 5.39 Å². The second-order valence-electron chi connectivity index (χ2n) is 4.71. The minimum absolute atomic E-state index is 0.177. The van der Waals surface area contributed by atoms with Gasteiger partial charge in [-0.15, -0.1) is 0 Å². The molecule has 0 saturated heterocycles. The first kappa shape index (κ1) is 12.0. The molecule has 4 nitrogen and oxygen atoms in total. The van der Waals surface area contributed by atoms with Crippen LogP contribution >= 0.6 is 0 Å². The van der Waals surface area contributed by atoms with Crippen molar-refractivity contribution in [2.75, 3.05) is 0 Å². The fourth-order valence-corrected chi connectivity index (χ4v) is 2.31. The first-order valence-electron chi connectivity index (χ1n) is 6.43. The lowest BCUT2D eigenvalue weighted by atomic mass is 10.2. The Labute approximate surface area is 112 Å². The van der Waals surface area contributed by atoms with E-state index in [2.05, 4.69) is 29.5 Å². The SMILES string of the molecule is CC(NCc1nn(C)c2ccccc12)c1ccco1. The average molecular weight is 255 g/mol. The summed E-state index contributed by atoms with van der Waals surface area (Å²) >= 11 is 0. The van der Waals surface area contributed by atoms with Crippen LogP contribution in [0.25, 0.3) is 10.9 Å². The summed E-state index contributed by atoms with van der Waals surface area (Å²) in [4.78, 5) is 0. The molecule has 1 atom stereocenters. The topological polar surface area (TPSA) is 43.0 Å². The number of para-hydroxylation sites is 1. The Balaban J connectivity index is 1.79. The van der Waals surface area contributed by atoms with Crippen molar-refractivity contribution in [3.63, 3.8) is 0 Å². The molecular formula is C15H17N3O. The van der Waals surface area contributed by atoms with Gasteiger partial charge in [-0.25, -0.2) is 0 Å². The number of aryl methyl sites for hydroxylation is 1. The van der Waals surface area contributed by atoms with E-state index in [9.17, 15) is 0 Å². The lowest BCUT2D eigenvalue weighted by Crippen LogP contribution is -2.18. The number of nitrogens with one attached hydrogen (secondary N) is 1. The minimum Gasteiger partial charge on any atom is -0.468 e. The highest BCUT2D eigenvalue weighted by Gasteiger charge is 2.11. The molecule has 0 amide bonds. The van der Waals surface area contributed by atoms with Crippen LogP contribution in [-0.4, -0.2) is 9.78 Å². The summed E-state index contributed by atoms with van der Waals surface area (Å²) in [5.41, 5.74) is 2.22. The van der Waals surface area contributed by atoms with Gasteiger partial charge in [0.05, 0.1) is 23.5 Å². The number of benzene rings is 1. The standard InChI is InChI=1S/C15H17N3O/c1-11(15-8-5-9-19-15)16-10-13-12-6-3-4-7-14(12)18(2)17-13/h3-9,11,16H,10H2,1-2H3. The van der Waals surface area contributed by atoms with E-state index >= 15 is 0 Å². The number of hydrogen-bond donors (Lipinski definition) is 1. The molecule has 1 N–H and O–H groups in total. The first-order valence-corrected chi connectivity index (χ1v) is 6.43. The van der Waals surface area contributed by atoms with Crippen molar-refractivity contribution in [1.82, 2.24) is 15.1 Å². The second kappa shape index (κ2) is 4.90. The van der Waals surface area contributed by atoms with Gasteiger partial charge in [-0.3, -0.25) is 4.68 Å². The summed E-state index contributed by atoms with van der Waals surface area (Å²) in [6.45, 7) is 2.81. The van der Waals surface area contributed by atoms with Gasteiger partial charge in [-0.05, 0) is 25.1 Å². The predicted molar refractivity (Wildman–Crippen MR) is 74.7 cm³/mol. The van der Waals surface area contributed by atoms with Gasteiger partial charge < -0.3 is 9.73 Å². The third-order valence-corrected chi connectivity index (χ3v) is 3.38. The summed E-state index contributed by atoms with van der Waals surface area (Å²) in [6, 6.07) is 12.3. The van der Waals surface area contributed by atoms with Crippen LogP contribution in [0.5, 0.6) is 0 Å². The lowest BCUT2D eigenvalue weighted by molar-refractivity contribution is 0.428. The van der Waals surface area contributed by atoms with E-state index in [-0.39, 0.29) is 6.04 Å². The van der Waals surface area contributed by atoms with Gasteiger partial charge in [0.15, 0.2) is 0 Å². The molecule has 0 radical (unpaired) electrons. The van der Waals surface area contributed by atoms with Crippen molar-refractivity contribution in [1.29, 1.82) is 0 Å². The molecule has 19 heavy (non-hydrogen) atoms. The van der Waals surface area contributed by atoms with Gasteiger partial charge in [-0.1, -0.05) is 18.2 Å². The van der Waals surface area contributed by atoms with Gasteiger partial charge in [-0.2, -0.15) is 5.10 Å². The molecule has 98 valence electrons. The van der Waals surface area contributed by atoms with Crippen LogP contribution in [0.1, 0.15) is 24.4 Å². The lowest BCUT2D eigenvalue weighted by Gasteiger charge is -2.09. The zero-order valence-electron chi connectivity index (χ0n) is 11.1. The Bertz CT molecular complexity index is 670. The van der Waals surface area contributed by atoms with Crippen LogP contribution in [0.15, 0.2) is 47.1 Å². The molecule has 2 aromatic heterocycles. The average Bonchev–Trinajstić information content (AvgIpc) is 3.06. The van der Waals surface area contributed by atoms with Gasteiger partial charge in [0, 0.05) is 19.0 Å². The van der Waals surface area contributed by atoms with Crippen LogP contribution in [0.4, 0.5) is 0 Å². The first-order chi connectivity index (χ1) is 9.25. The third kappa shape index (κ3) is 2.27. The summed E-state index contributed by atoms with van der Waals surface area (Å²) in [6.07, 6.45) is 1.70. The molecule has 4 heteroatoms. The Morgan fingerprint density at radius 2 is 2.11 bits per heavy atom. The van der Waals surface area contributed by atoms with E-state index < -0.39 is 0 Å². The molecule has 3 rings (SSSR count). The van der Waals surface area contributed by atoms with Crippen molar-refractivity contribution in [3.8, 4) is 0 Å². The maximum Gasteiger partial charge on any atom is 0.120 e. The quantitative estimate of drug-likeness (QED) is 0.779. The fourth-order valence-electron chi connectivity index (χ4n) is 2.31. The van der Waals surface area contributed by atoms with Crippen molar-refractivity contribution in [2.45, 2.75) is 19.5 Å². The molecular weight excluding hydrogens is 238 g/mol. The monoisotopic (exact) mass is 255 g/mol. The molecule has 0 bridgehead atoms. The van der Waals surface area contributed by atoms with Gasteiger partial charge in [0.1, 0.15) is 5.76 Å². The highest BCUT2D eigenvalue weighted by Crippen LogP contribution is 2.19. The number of aromatic nitrogens is 2. The predicted octanol–water partition coefficient (Wildman–Crippen LogP) is 3.02. The Morgan fingerprint density at radius 3 is 2.89 bits per heavy atom. The Kier molecular flexibility index (Phi) is 3.09. The number of fused-ring (bicyclic) bond motifs is 1. The molecule has 0 aliphatic rings. The fraction of sp³-hybridized carbons (Fsp3) is 0.267. The molecule has 0 aliphatic carbocycles. The molecule has 0 saturated carbocycles. The highest BCUT2D eigenvalue weighted by molar-refractivity contribution is 5.81. The molecule has 2 heterocycles. The third-order valence-electron chi connectivity index (χ3n) is 3.38. The number of hydrogen-bond acceptors (Lipinski definition) is 3. The maximum absolute atomic E-state index is 5.39. The van der Waals surface area contributed by atoms with Gasteiger partial charge in [0.25, 0.3) is 0 Å². The molecule has 0 fully saturated rings. The van der Waals surface area contributed by atoms with Crippen molar-refractivity contribution in [3.05, 3.63) is 54.1 Å². The molecule has 3 aromatic rings. The van der Waals surface area contributed by atoms with Crippen LogP contribution in [-0.2, 0) is 13.6 Å². The van der Waals surface area contributed by atoms with Crippen LogP contribution in [0, 0.1) is 0 Å². The number of rotatable bonds is 4. The normalized spacial score (nSPS) is 12.9. The van der Waals surface area contributed by atoms with Crippen molar-refractivity contribution < 1.29 is 4.42 Å². The van der Waals surface area contributed by atoms with E-state index in [4.69, 9.17) is 4.42 Å². The second-order valence-corrected chi connectivity index (χ2v) is 4.71. The Morgan fingerprint density at radius 1 is 1.26 bits per heavy atom. The zero-order valence-corrected chi connectivity index (χ0v) is 11.1. The smallest absolute Gasteiger partial charge is 0.120 e. The summed E-state index contributed by atoms with van der Waals surface area (Å²) in [5.74, 6) is 0.945. The van der Waals surface area contributed by atoms with E-state index in [0.29, 0.717) is 0 Å². The van der Waals surface area contributed by atoms with E-state index in [0.717, 1.165) is 23.5 Å². The number of nitrogens with zero attached hydrogens (tertiary/aromatic N) is 2. The number of furan rings is 1. The minimum atomic E-state index is 0.177. The molecule has 1 aromatic carbocycles. The van der Waals surface area contributed by atoms with Crippen molar-refractivity contribution in [2.24, 2.45) is 7.05 Å². The molecule has 1 unspecified atom stereocenters. The summed E-state index contributed by atoms with van der Waals surface area (Å²) in [7, 11) is 1.97. The highest BCUT2D eigenvalue weighted by atomic mass is 16.3. The Hall–Kier alpha value is -2.07. The summed E-state index contributed by atoms with van der Waals surface area (Å²) < 4.78 is 7.31. The summed E-state index contributed by atoms with van der Waals surface area (Å²) in [5, 5.41) is 9.20. The molecule has 0 aliphatic heterocycles. The van der Waals surface area contributed by atoms with Gasteiger partial charge in [0.2, 0.25) is 0 Å². The van der Waals surface area contributed by atoms with E-state index in [1.54, 1.807) is 6.26 Å². The van der Waals surface area contributed by atoms with Crippen LogP contribution in [0.2, 0.25) is 0 Å². The van der Waals surface area contributed by atoms with Crippen LogP contribution in [0.3, 0.4) is 0 Å². The van der Waals surface area contributed by atoms with E-state index in [1.807, 2.05) is 36.0 Å². The maximum atomic E-state index is 5.39. The largest absolute Gasteiger partial charge is 0.468 e. The van der Waals surface area contributed by atoms with Gasteiger partial charge >= 0.3 is 0 Å². The van der Waals surface area contributed by atoms with Crippen LogP contribution < -0.4 is 5.32 Å². The zero-order chi connectivity index (χ0) is 13.2. The molecule has 0 spiro atoms. The van der Waals surface area contributed by atoms with Crippen molar-refractivity contribution >= 4 is 10.9 Å².